The SMILES string of the molecule is CC(NCC(O)c1c(Cl)cccc1Cl)c1cccc(CO)c1. The zero-order chi connectivity index (χ0) is 16.1. The summed E-state index contributed by atoms with van der Waals surface area (Å²) in [6, 6.07) is 12.9. The van der Waals surface area contributed by atoms with Gasteiger partial charge in [-0.2, -0.15) is 0 Å². The van der Waals surface area contributed by atoms with Gasteiger partial charge in [-0.15, -0.1) is 0 Å². The Morgan fingerprint density at radius 1 is 1.09 bits per heavy atom. The zero-order valence-corrected chi connectivity index (χ0v) is 13.8. The molecule has 0 radical (unpaired) electrons. The van der Waals surface area contributed by atoms with E-state index in [-0.39, 0.29) is 12.6 Å². The molecule has 0 amide bonds. The summed E-state index contributed by atoms with van der Waals surface area (Å²) in [4.78, 5) is 0. The van der Waals surface area contributed by atoms with Crippen LogP contribution in [0.1, 0.15) is 35.8 Å². The molecule has 0 saturated carbocycles. The van der Waals surface area contributed by atoms with Crippen LogP contribution in [-0.2, 0) is 6.61 Å². The van der Waals surface area contributed by atoms with Crippen molar-refractivity contribution in [2.75, 3.05) is 6.54 Å². The van der Waals surface area contributed by atoms with Gasteiger partial charge in [0.05, 0.1) is 12.7 Å². The standard InChI is InChI=1S/C17H19Cl2NO2/c1-11(13-5-2-4-12(8-13)10-21)20-9-16(22)17-14(18)6-3-7-15(17)19/h2-8,11,16,20-22H,9-10H2,1H3. The summed E-state index contributed by atoms with van der Waals surface area (Å²) >= 11 is 12.2. The van der Waals surface area contributed by atoms with E-state index in [1.807, 2.05) is 31.2 Å². The molecule has 0 heterocycles. The second-order valence-corrected chi connectivity index (χ2v) is 6.00. The number of nitrogens with one attached hydrogen (secondary N) is 1. The number of aliphatic hydroxyl groups is 2. The lowest BCUT2D eigenvalue weighted by Crippen LogP contribution is -2.25. The summed E-state index contributed by atoms with van der Waals surface area (Å²) in [5, 5.41) is 23.7. The molecule has 118 valence electrons. The highest BCUT2D eigenvalue weighted by molar-refractivity contribution is 6.36. The van der Waals surface area contributed by atoms with Crippen LogP contribution < -0.4 is 5.32 Å². The van der Waals surface area contributed by atoms with Gasteiger partial charge >= 0.3 is 0 Å². The highest BCUT2D eigenvalue weighted by atomic mass is 35.5. The third kappa shape index (κ3) is 4.22. The maximum atomic E-state index is 10.3. The molecule has 0 saturated heterocycles. The van der Waals surface area contributed by atoms with Gasteiger partial charge < -0.3 is 15.5 Å². The van der Waals surface area contributed by atoms with Crippen LogP contribution in [0.2, 0.25) is 10.0 Å². The molecule has 2 aromatic carbocycles. The van der Waals surface area contributed by atoms with Crippen LogP contribution in [0.25, 0.3) is 0 Å². The van der Waals surface area contributed by atoms with Crippen LogP contribution in [0.15, 0.2) is 42.5 Å². The topological polar surface area (TPSA) is 52.5 Å². The third-order valence-electron chi connectivity index (χ3n) is 3.58. The summed E-state index contributed by atoms with van der Waals surface area (Å²) in [6.45, 7) is 2.34. The van der Waals surface area contributed by atoms with E-state index in [0.717, 1.165) is 11.1 Å². The Morgan fingerprint density at radius 2 is 1.73 bits per heavy atom. The first-order chi connectivity index (χ1) is 10.5. The monoisotopic (exact) mass is 339 g/mol. The van der Waals surface area contributed by atoms with Crippen LogP contribution in [0.5, 0.6) is 0 Å². The molecule has 2 unspecified atom stereocenters. The quantitative estimate of drug-likeness (QED) is 0.748. The molecule has 2 aromatic rings. The van der Waals surface area contributed by atoms with Crippen LogP contribution in [0, 0.1) is 0 Å². The van der Waals surface area contributed by atoms with Crippen molar-refractivity contribution in [2.24, 2.45) is 0 Å². The van der Waals surface area contributed by atoms with Gasteiger partial charge in [-0.3, -0.25) is 0 Å². The molecule has 2 rings (SSSR count). The van der Waals surface area contributed by atoms with Crippen LogP contribution in [0.3, 0.4) is 0 Å². The number of halogens is 2. The van der Waals surface area contributed by atoms with Crippen molar-refractivity contribution < 1.29 is 10.2 Å². The fourth-order valence-electron chi connectivity index (χ4n) is 2.30. The zero-order valence-electron chi connectivity index (χ0n) is 12.3. The lowest BCUT2D eigenvalue weighted by Gasteiger charge is -2.19. The molecule has 0 fully saturated rings. The van der Waals surface area contributed by atoms with Crippen molar-refractivity contribution in [3.63, 3.8) is 0 Å². The lowest BCUT2D eigenvalue weighted by atomic mass is 10.0. The Balaban J connectivity index is 2.02. The van der Waals surface area contributed by atoms with E-state index in [0.29, 0.717) is 22.2 Å². The largest absolute Gasteiger partial charge is 0.392 e. The Labute approximate surface area is 140 Å². The Kier molecular flexibility index (Phi) is 6.24. The fourth-order valence-corrected chi connectivity index (χ4v) is 2.95. The summed E-state index contributed by atoms with van der Waals surface area (Å²) in [6.07, 6.45) is -0.787. The number of hydrogen-bond donors (Lipinski definition) is 3. The molecule has 2 atom stereocenters. The van der Waals surface area contributed by atoms with E-state index >= 15 is 0 Å². The minimum absolute atomic E-state index is 0.0123. The Bertz CT molecular complexity index is 614. The van der Waals surface area contributed by atoms with Crippen LogP contribution in [0.4, 0.5) is 0 Å². The Hall–Kier alpha value is -1.10. The third-order valence-corrected chi connectivity index (χ3v) is 4.24. The second kappa shape index (κ2) is 7.95. The van der Waals surface area contributed by atoms with Gasteiger partial charge in [0.2, 0.25) is 0 Å². The summed E-state index contributed by atoms with van der Waals surface area (Å²) in [7, 11) is 0. The van der Waals surface area contributed by atoms with Gasteiger partial charge in [0.15, 0.2) is 0 Å². The highest BCUT2D eigenvalue weighted by Crippen LogP contribution is 2.30. The van der Waals surface area contributed by atoms with Crippen LogP contribution in [-0.4, -0.2) is 16.8 Å². The van der Waals surface area contributed by atoms with Gasteiger partial charge in [-0.1, -0.05) is 53.5 Å². The van der Waals surface area contributed by atoms with E-state index in [4.69, 9.17) is 23.2 Å². The van der Waals surface area contributed by atoms with E-state index < -0.39 is 6.10 Å². The molecule has 0 spiro atoms. The number of rotatable bonds is 6. The molecule has 0 bridgehead atoms. The molecule has 0 aromatic heterocycles. The normalized spacial score (nSPS) is 13.9. The van der Waals surface area contributed by atoms with Gasteiger partial charge in [-0.25, -0.2) is 0 Å². The van der Waals surface area contributed by atoms with Gasteiger partial charge in [0.1, 0.15) is 0 Å². The van der Waals surface area contributed by atoms with Crippen molar-refractivity contribution in [3.8, 4) is 0 Å². The van der Waals surface area contributed by atoms with E-state index in [1.54, 1.807) is 18.2 Å². The molecule has 5 heteroatoms. The average molecular weight is 340 g/mol. The molecule has 3 N–H and O–H groups in total. The molecular formula is C17H19Cl2NO2. The summed E-state index contributed by atoms with van der Waals surface area (Å²) < 4.78 is 0. The van der Waals surface area contributed by atoms with Gasteiger partial charge in [0.25, 0.3) is 0 Å². The smallest absolute Gasteiger partial charge is 0.0943 e. The maximum absolute atomic E-state index is 10.3. The van der Waals surface area contributed by atoms with Gasteiger partial charge in [0, 0.05) is 28.2 Å². The van der Waals surface area contributed by atoms with Crippen LogP contribution >= 0.6 is 23.2 Å². The number of aliphatic hydroxyl groups excluding tert-OH is 2. The van der Waals surface area contributed by atoms with Crippen molar-refractivity contribution >= 4 is 23.2 Å². The minimum atomic E-state index is -0.787. The molecule has 0 aliphatic heterocycles. The van der Waals surface area contributed by atoms with E-state index in [9.17, 15) is 10.2 Å². The van der Waals surface area contributed by atoms with Crippen molar-refractivity contribution in [1.29, 1.82) is 0 Å². The first-order valence-corrected chi connectivity index (χ1v) is 7.83. The molecule has 3 nitrogen and oxygen atoms in total. The first-order valence-electron chi connectivity index (χ1n) is 7.08. The van der Waals surface area contributed by atoms with E-state index in [1.165, 1.54) is 0 Å². The lowest BCUT2D eigenvalue weighted by molar-refractivity contribution is 0.171. The molecular weight excluding hydrogens is 321 g/mol. The minimum Gasteiger partial charge on any atom is -0.392 e. The van der Waals surface area contributed by atoms with Crippen molar-refractivity contribution in [3.05, 3.63) is 69.2 Å². The van der Waals surface area contributed by atoms with Crippen molar-refractivity contribution in [2.45, 2.75) is 25.7 Å². The molecule has 0 aliphatic rings. The highest BCUT2D eigenvalue weighted by Gasteiger charge is 2.16. The molecule has 22 heavy (non-hydrogen) atoms. The first kappa shape index (κ1) is 17.3. The maximum Gasteiger partial charge on any atom is 0.0943 e. The predicted octanol–water partition coefficient (Wildman–Crippen LogP) is 3.87. The number of hydrogen-bond acceptors (Lipinski definition) is 3. The van der Waals surface area contributed by atoms with Gasteiger partial charge in [-0.05, 0) is 30.2 Å². The van der Waals surface area contributed by atoms with Crippen molar-refractivity contribution in [1.82, 2.24) is 5.32 Å². The van der Waals surface area contributed by atoms with E-state index in [2.05, 4.69) is 5.32 Å². The summed E-state index contributed by atoms with van der Waals surface area (Å²) in [5.74, 6) is 0. The number of benzene rings is 2. The summed E-state index contributed by atoms with van der Waals surface area (Å²) in [5.41, 5.74) is 2.44. The molecule has 0 aliphatic carbocycles. The second-order valence-electron chi connectivity index (χ2n) is 5.18. The fraction of sp³-hybridized carbons (Fsp3) is 0.294. The Morgan fingerprint density at radius 3 is 2.36 bits per heavy atom. The average Bonchev–Trinajstić information content (AvgIpc) is 2.52. The predicted molar refractivity (Wildman–Crippen MR) is 90.2 cm³/mol.